The van der Waals surface area contributed by atoms with E-state index in [-0.39, 0.29) is 23.9 Å². The topological polar surface area (TPSA) is 115 Å². The van der Waals surface area contributed by atoms with Gasteiger partial charge in [-0.05, 0) is 35.9 Å². The van der Waals surface area contributed by atoms with E-state index in [0.717, 1.165) is 16.4 Å². The average Bonchev–Trinajstić information content (AvgIpc) is 2.73. The third kappa shape index (κ3) is 4.93. The maximum atomic E-state index is 14.4. The highest BCUT2D eigenvalue weighted by molar-refractivity contribution is 7.89. The number of nitrogens with zero attached hydrogens (tertiary/aromatic N) is 3. The number of hydrazone groups is 1. The summed E-state index contributed by atoms with van der Waals surface area (Å²) in [7, 11) is -4.18. The van der Waals surface area contributed by atoms with E-state index in [2.05, 4.69) is 10.1 Å². The van der Waals surface area contributed by atoms with Crippen molar-refractivity contribution in [2.24, 2.45) is 16.7 Å². The molecule has 0 amide bonds. The van der Waals surface area contributed by atoms with E-state index in [1.807, 2.05) is 0 Å². The molecular formula is C20H19ClFN5O2S. The average molecular weight is 448 g/mol. The molecule has 3 rings (SSSR count). The van der Waals surface area contributed by atoms with Crippen LogP contribution < -0.4 is 11.6 Å². The summed E-state index contributed by atoms with van der Waals surface area (Å²) in [6.45, 7) is -0.0552. The molecule has 0 radical (unpaired) electrons. The van der Waals surface area contributed by atoms with Gasteiger partial charge in [-0.25, -0.2) is 12.8 Å². The summed E-state index contributed by atoms with van der Waals surface area (Å²) < 4.78 is 42.1. The number of nitrogens with two attached hydrogens (primary N) is 2. The summed E-state index contributed by atoms with van der Waals surface area (Å²) in [4.78, 5) is 3.73. The summed E-state index contributed by atoms with van der Waals surface area (Å²) in [6.07, 6.45) is 1.56. The predicted molar refractivity (Wildman–Crippen MR) is 113 cm³/mol. The lowest BCUT2D eigenvalue weighted by atomic mass is 10.1. The molecule has 0 aliphatic rings. The number of hydrogen-bond donors (Lipinski definition) is 2. The number of rotatable bonds is 7. The summed E-state index contributed by atoms with van der Waals surface area (Å²) in [5.74, 6) is 4.41. The van der Waals surface area contributed by atoms with Gasteiger partial charge in [0.1, 0.15) is 16.5 Å². The fourth-order valence-electron chi connectivity index (χ4n) is 2.78. The molecule has 0 bridgehead atoms. The fourth-order valence-corrected chi connectivity index (χ4v) is 4.38. The molecule has 3 aromatic rings. The molecule has 0 spiro atoms. The van der Waals surface area contributed by atoms with Crippen molar-refractivity contribution in [2.45, 2.75) is 18.0 Å². The molecule has 0 unspecified atom stereocenters. The van der Waals surface area contributed by atoms with Gasteiger partial charge in [0.25, 0.3) is 0 Å². The van der Waals surface area contributed by atoms with Crippen molar-refractivity contribution in [3.8, 4) is 0 Å². The summed E-state index contributed by atoms with van der Waals surface area (Å²) in [5, 5.41) is 3.54. The van der Waals surface area contributed by atoms with E-state index in [0.29, 0.717) is 16.8 Å². The molecule has 0 atom stereocenters. The number of benzene rings is 2. The second-order valence-electron chi connectivity index (χ2n) is 6.38. The minimum atomic E-state index is -4.18. The van der Waals surface area contributed by atoms with Crippen LogP contribution in [0, 0.1) is 5.82 Å². The zero-order valence-electron chi connectivity index (χ0n) is 15.7. The number of hydrogen-bond acceptors (Lipinski definition) is 5. The number of sulfonamides is 1. The minimum absolute atomic E-state index is 0.0130. The lowest BCUT2D eigenvalue weighted by Crippen LogP contribution is -2.31. The number of pyridine rings is 1. The summed E-state index contributed by atoms with van der Waals surface area (Å²) in [6, 6.07) is 15.4. The molecule has 10 heteroatoms. The molecule has 2 aromatic carbocycles. The molecule has 30 heavy (non-hydrogen) atoms. The van der Waals surface area contributed by atoms with Crippen LogP contribution in [0.3, 0.4) is 0 Å². The molecule has 0 aliphatic heterocycles. The van der Waals surface area contributed by atoms with E-state index < -0.39 is 20.7 Å². The van der Waals surface area contributed by atoms with Gasteiger partial charge in [-0.1, -0.05) is 41.9 Å². The first-order valence-corrected chi connectivity index (χ1v) is 10.6. The molecule has 0 saturated carbocycles. The van der Waals surface area contributed by atoms with Crippen LogP contribution >= 0.6 is 11.6 Å². The van der Waals surface area contributed by atoms with Gasteiger partial charge in [0.05, 0.1) is 12.2 Å². The van der Waals surface area contributed by atoms with E-state index >= 15 is 0 Å². The van der Waals surface area contributed by atoms with Crippen LogP contribution in [0.5, 0.6) is 0 Å². The highest BCUT2D eigenvalue weighted by Crippen LogP contribution is 2.25. The van der Waals surface area contributed by atoms with Gasteiger partial charge in [-0.2, -0.15) is 9.41 Å². The maximum Gasteiger partial charge on any atom is 0.246 e. The normalized spacial score (nSPS) is 12.3. The van der Waals surface area contributed by atoms with Gasteiger partial charge in [0.15, 0.2) is 0 Å². The lowest BCUT2D eigenvalue weighted by Gasteiger charge is -2.22. The Bertz CT molecular complexity index is 1160. The number of halogens is 2. The first-order chi connectivity index (χ1) is 14.3. The molecule has 0 fully saturated rings. The summed E-state index contributed by atoms with van der Waals surface area (Å²) >= 11 is 5.77. The van der Waals surface area contributed by atoms with Crippen LogP contribution in [-0.4, -0.2) is 23.5 Å². The Labute approximate surface area is 178 Å². The molecule has 4 N–H and O–H groups in total. The monoisotopic (exact) mass is 447 g/mol. The van der Waals surface area contributed by atoms with E-state index in [9.17, 15) is 12.8 Å². The summed E-state index contributed by atoms with van der Waals surface area (Å²) in [5.41, 5.74) is 7.47. The highest BCUT2D eigenvalue weighted by Gasteiger charge is 2.28. The molecule has 1 aromatic heterocycles. The lowest BCUT2D eigenvalue weighted by molar-refractivity contribution is 0.393. The Hall–Kier alpha value is -3.01. The molecule has 1 heterocycles. The molecule has 7 nitrogen and oxygen atoms in total. The van der Waals surface area contributed by atoms with Crippen LogP contribution in [0.1, 0.15) is 16.8 Å². The Morgan fingerprint density at radius 1 is 1.10 bits per heavy atom. The third-order valence-electron chi connectivity index (χ3n) is 4.32. The fraction of sp³-hybridized carbons (Fsp3) is 0.100. The van der Waals surface area contributed by atoms with Gasteiger partial charge >= 0.3 is 0 Å². The van der Waals surface area contributed by atoms with Crippen LogP contribution in [-0.2, 0) is 23.1 Å². The molecule has 156 valence electrons. The molecule has 0 saturated heterocycles. The predicted octanol–water partition coefficient (Wildman–Crippen LogP) is 2.84. The zero-order valence-corrected chi connectivity index (χ0v) is 17.3. The second kappa shape index (κ2) is 9.21. The Morgan fingerprint density at radius 2 is 1.83 bits per heavy atom. The van der Waals surface area contributed by atoms with Gasteiger partial charge in [-0.15, -0.1) is 0 Å². The minimum Gasteiger partial charge on any atom is -0.382 e. The van der Waals surface area contributed by atoms with Crippen molar-refractivity contribution >= 4 is 27.5 Å². The van der Waals surface area contributed by atoms with Crippen molar-refractivity contribution < 1.29 is 12.8 Å². The van der Waals surface area contributed by atoms with Crippen LogP contribution in [0.4, 0.5) is 4.39 Å². The number of aromatic nitrogens is 1. The van der Waals surface area contributed by atoms with Crippen LogP contribution in [0.2, 0.25) is 5.02 Å². The zero-order chi connectivity index (χ0) is 21.7. The second-order valence-corrected chi connectivity index (χ2v) is 8.72. The Balaban J connectivity index is 1.98. The number of amidine groups is 1. The van der Waals surface area contributed by atoms with Gasteiger partial charge in [0, 0.05) is 23.3 Å². The standard InChI is InChI=1S/C20H19ClFN5O2S/c21-16-8-9-19(18(22)11-16)30(28,29)27(13-17-3-1-2-10-25-17)12-14-4-6-15(7-5-14)20(23)26-24/h1-11H,12-13,24H2,(H2,23,26). The van der Waals surface area contributed by atoms with Crippen LogP contribution in [0.15, 0.2) is 76.9 Å². The Morgan fingerprint density at radius 3 is 2.43 bits per heavy atom. The van der Waals surface area contributed by atoms with Crippen molar-refractivity contribution in [1.82, 2.24) is 9.29 Å². The first-order valence-electron chi connectivity index (χ1n) is 8.79. The smallest absolute Gasteiger partial charge is 0.246 e. The largest absolute Gasteiger partial charge is 0.382 e. The third-order valence-corrected chi connectivity index (χ3v) is 6.38. The quantitative estimate of drug-likeness (QED) is 0.250. The van der Waals surface area contributed by atoms with E-state index in [1.54, 1.807) is 48.7 Å². The van der Waals surface area contributed by atoms with Crippen molar-refractivity contribution in [1.29, 1.82) is 0 Å². The van der Waals surface area contributed by atoms with Crippen molar-refractivity contribution in [2.75, 3.05) is 0 Å². The van der Waals surface area contributed by atoms with Gasteiger partial charge in [0.2, 0.25) is 10.0 Å². The van der Waals surface area contributed by atoms with Crippen molar-refractivity contribution in [3.05, 3.63) is 94.5 Å². The van der Waals surface area contributed by atoms with Gasteiger partial charge in [-0.3, -0.25) is 4.98 Å². The Kier molecular flexibility index (Phi) is 6.66. The maximum absolute atomic E-state index is 14.4. The first kappa shape index (κ1) is 21.7. The van der Waals surface area contributed by atoms with E-state index in [1.165, 1.54) is 6.07 Å². The van der Waals surface area contributed by atoms with Crippen LogP contribution in [0.25, 0.3) is 0 Å². The SMILES string of the molecule is N/N=C(\N)c1ccc(CN(Cc2ccccn2)S(=O)(=O)c2ccc(Cl)cc2F)cc1. The van der Waals surface area contributed by atoms with E-state index in [4.69, 9.17) is 23.2 Å². The molecule has 0 aliphatic carbocycles. The molecular weight excluding hydrogens is 429 g/mol. The highest BCUT2D eigenvalue weighted by atomic mass is 35.5. The van der Waals surface area contributed by atoms with Crippen molar-refractivity contribution in [3.63, 3.8) is 0 Å². The van der Waals surface area contributed by atoms with Gasteiger partial charge < -0.3 is 11.6 Å².